The molecule has 8 nitrogen and oxygen atoms in total. The van der Waals surface area contributed by atoms with Crippen LogP contribution >= 0.6 is 0 Å². The average molecular weight is 446 g/mol. The second-order valence-electron chi connectivity index (χ2n) is 7.05. The lowest BCUT2D eigenvalue weighted by Gasteiger charge is -2.36. The van der Waals surface area contributed by atoms with E-state index < -0.39 is 22.0 Å². The number of carbonyl (C=O) groups is 1. The molecule has 162 valence electrons. The third-order valence-electron chi connectivity index (χ3n) is 5.05. The lowest BCUT2D eigenvalue weighted by atomic mass is 10.1. The van der Waals surface area contributed by atoms with E-state index in [9.17, 15) is 17.6 Å². The molecule has 1 aromatic heterocycles. The van der Waals surface area contributed by atoms with Crippen LogP contribution in [-0.2, 0) is 21.4 Å². The van der Waals surface area contributed by atoms with Crippen LogP contribution in [0.15, 0.2) is 57.8 Å². The first kappa shape index (κ1) is 21.0. The SMILES string of the molecule is Cc1oc(-c2ccc(F)cc2)nc1COc1ccc(S(=O)(=O)N2CCC2C(=O)O)cc1. The number of aryl methyl sites for hydroxylation is 1. The molecule has 0 saturated carbocycles. The van der Waals surface area contributed by atoms with Crippen LogP contribution < -0.4 is 4.74 Å². The molecule has 1 N–H and O–H groups in total. The number of carboxylic acid groups (broad SMARTS) is 1. The number of oxazole rings is 1. The van der Waals surface area contributed by atoms with E-state index in [1.54, 1.807) is 19.1 Å². The second-order valence-corrected chi connectivity index (χ2v) is 8.94. The van der Waals surface area contributed by atoms with Crippen molar-refractivity contribution >= 4 is 16.0 Å². The minimum atomic E-state index is -3.87. The molecule has 0 spiro atoms. The summed E-state index contributed by atoms with van der Waals surface area (Å²) in [6, 6.07) is 10.5. The minimum Gasteiger partial charge on any atom is -0.487 e. The maximum atomic E-state index is 13.1. The molecule has 1 fully saturated rings. The van der Waals surface area contributed by atoms with Gasteiger partial charge in [0, 0.05) is 12.1 Å². The Labute approximate surface area is 177 Å². The highest BCUT2D eigenvalue weighted by molar-refractivity contribution is 7.89. The summed E-state index contributed by atoms with van der Waals surface area (Å²) >= 11 is 0. The lowest BCUT2D eigenvalue weighted by molar-refractivity contribution is -0.144. The van der Waals surface area contributed by atoms with Gasteiger partial charge in [-0.2, -0.15) is 4.31 Å². The van der Waals surface area contributed by atoms with Crippen molar-refractivity contribution < 1.29 is 31.9 Å². The number of hydrogen-bond donors (Lipinski definition) is 1. The van der Waals surface area contributed by atoms with Gasteiger partial charge in [-0.1, -0.05) is 0 Å². The highest BCUT2D eigenvalue weighted by atomic mass is 32.2. The quantitative estimate of drug-likeness (QED) is 0.593. The summed E-state index contributed by atoms with van der Waals surface area (Å²) < 4.78 is 50.6. The summed E-state index contributed by atoms with van der Waals surface area (Å²) in [7, 11) is -3.87. The molecule has 2 aromatic carbocycles. The summed E-state index contributed by atoms with van der Waals surface area (Å²) in [6.07, 6.45) is 0.298. The van der Waals surface area contributed by atoms with Crippen LogP contribution in [-0.4, -0.2) is 41.4 Å². The van der Waals surface area contributed by atoms with Crippen LogP contribution in [0.5, 0.6) is 5.75 Å². The molecule has 1 aliphatic rings. The molecule has 0 bridgehead atoms. The predicted octanol–water partition coefficient (Wildman–Crippen LogP) is 3.22. The Morgan fingerprint density at radius 2 is 1.90 bits per heavy atom. The number of rotatable bonds is 7. The van der Waals surface area contributed by atoms with Crippen molar-refractivity contribution in [2.75, 3.05) is 6.54 Å². The zero-order valence-corrected chi connectivity index (χ0v) is 17.3. The van der Waals surface area contributed by atoms with E-state index >= 15 is 0 Å². The summed E-state index contributed by atoms with van der Waals surface area (Å²) in [5.41, 5.74) is 1.19. The fourth-order valence-electron chi connectivity index (χ4n) is 3.17. The molecule has 0 aliphatic carbocycles. The fraction of sp³-hybridized carbons (Fsp3) is 0.238. The Morgan fingerprint density at radius 1 is 1.23 bits per heavy atom. The molecule has 1 aliphatic heterocycles. The standard InChI is InChI=1S/C21H19FN2O6S/c1-13-18(23-20(30-13)14-2-4-15(22)5-3-14)12-29-16-6-8-17(9-7-16)31(27,28)24-11-10-19(24)21(25)26/h2-9,19H,10-12H2,1H3,(H,25,26). The number of aromatic nitrogens is 1. The maximum Gasteiger partial charge on any atom is 0.322 e. The summed E-state index contributed by atoms with van der Waals surface area (Å²) in [5, 5.41) is 9.09. The zero-order chi connectivity index (χ0) is 22.2. The number of nitrogens with zero attached hydrogens (tertiary/aromatic N) is 2. The van der Waals surface area contributed by atoms with Crippen LogP contribution in [0.4, 0.5) is 4.39 Å². The molecular weight excluding hydrogens is 427 g/mol. The van der Waals surface area contributed by atoms with Crippen LogP contribution in [0.1, 0.15) is 17.9 Å². The predicted molar refractivity (Wildman–Crippen MR) is 107 cm³/mol. The van der Waals surface area contributed by atoms with Gasteiger partial charge < -0.3 is 14.3 Å². The lowest BCUT2D eigenvalue weighted by Crippen LogP contribution is -2.54. The third kappa shape index (κ3) is 4.17. The first-order valence-electron chi connectivity index (χ1n) is 9.45. The highest BCUT2D eigenvalue weighted by Crippen LogP contribution is 2.28. The van der Waals surface area contributed by atoms with Crippen LogP contribution in [0.2, 0.25) is 0 Å². The van der Waals surface area contributed by atoms with Gasteiger partial charge in [0.1, 0.15) is 35.7 Å². The van der Waals surface area contributed by atoms with Gasteiger partial charge in [-0.25, -0.2) is 17.8 Å². The highest BCUT2D eigenvalue weighted by Gasteiger charge is 2.42. The van der Waals surface area contributed by atoms with Crippen LogP contribution in [0, 0.1) is 12.7 Å². The maximum absolute atomic E-state index is 13.1. The topological polar surface area (TPSA) is 110 Å². The van der Waals surface area contributed by atoms with E-state index in [-0.39, 0.29) is 23.9 Å². The van der Waals surface area contributed by atoms with E-state index in [4.69, 9.17) is 14.3 Å². The van der Waals surface area contributed by atoms with E-state index in [0.29, 0.717) is 35.1 Å². The molecule has 0 amide bonds. The number of benzene rings is 2. The molecule has 0 radical (unpaired) electrons. The van der Waals surface area contributed by atoms with E-state index in [1.807, 2.05) is 0 Å². The van der Waals surface area contributed by atoms with Crippen molar-refractivity contribution in [1.29, 1.82) is 0 Å². The van der Waals surface area contributed by atoms with Crippen molar-refractivity contribution in [3.63, 3.8) is 0 Å². The molecule has 1 atom stereocenters. The van der Waals surface area contributed by atoms with Gasteiger partial charge in [-0.3, -0.25) is 4.79 Å². The molecule has 31 heavy (non-hydrogen) atoms. The third-order valence-corrected chi connectivity index (χ3v) is 6.97. The molecule has 10 heteroatoms. The van der Waals surface area contributed by atoms with Gasteiger partial charge >= 0.3 is 5.97 Å². The van der Waals surface area contributed by atoms with Crippen molar-refractivity contribution in [3.05, 3.63) is 65.8 Å². The summed E-state index contributed by atoms with van der Waals surface area (Å²) in [5.74, 6) is -0.189. The summed E-state index contributed by atoms with van der Waals surface area (Å²) in [4.78, 5) is 15.5. The number of halogens is 1. The first-order valence-corrected chi connectivity index (χ1v) is 10.9. The first-order chi connectivity index (χ1) is 14.8. The van der Waals surface area contributed by atoms with Gasteiger partial charge in [0.25, 0.3) is 0 Å². The molecule has 1 unspecified atom stereocenters. The summed E-state index contributed by atoms with van der Waals surface area (Å²) in [6.45, 7) is 2.01. The molecule has 1 saturated heterocycles. The van der Waals surface area contributed by atoms with Crippen molar-refractivity contribution in [2.45, 2.75) is 30.9 Å². The number of carboxylic acids is 1. The van der Waals surface area contributed by atoms with Crippen molar-refractivity contribution in [1.82, 2.24) is 9.29 Å². The Morgan fingerprint density at radius 3 is 2.48 bits per heavy atom. The van der Waals surface area contributed by atoms with E-state index in [1.165, 1.54) is 36.4 Å². The second kappa shape index (κ2) is 8.12. The molecule has 4 rings (SSSR count). The van der Waals surface area contributed by atoms with E-state index in [0.717, 1.165) is 4.31 Å². The smallest absolute Gasteiger partial charge is 0.322 e. The Balaban J connectivity index is 1.43. The fourth-order valence-corrected chi connectivity index (χ4v) is 4.80. The number of sulfonamides is 1. The average Bonchev–Trinajstić information content (AvgIpc) is 3.06. The van der Waals surface area contributed by atoms with Gasteiger partial charge in [0.2, 0.25) is 15.9 Å². The Kier molecular flexibility index (Phi) is 5.50. The monoisotopic (exact) mass is 446 g/mol. The van der Waals surface area contributed by atoms with Gasteiger partial charge in [-0.15, -0.1) is 0 Å². The van der Waals surface area contributed by atoms with Gasteiger partial charge in [0.05, 0.1) is 4.90 Å². The van der Waals surface area contributed by atoms with Gasteiger partial charge in [0.15, 0.2) is 0 Å². The molecular formula is C21H19FN2O6S. The molecule has 2 heterocycles. The number of ether oxygens (including phenoxy) is 1. The zero-order valence-electron chi connectivity index (χ0n) is 16.5. The Bertz CT molecular complexity index is 1210. The van der Waals surface area contributed by atoms with Crippen LogP contribution in [0.25, 0.3) is 11.5 Å². The molecule has 3 aromatic rings. The minimum absolute atomic E-state index is 0.00186. The Hall–Kier alpha value is -3.24. The number of aliphatic carboxylic acids is 1. The van der Waals surface area contributed by atoms with Crippen molar-refractivity contribution in [3.8, 4) is 17.2 Å². The largest absolute Gasteiger partial charge is 0.487 e. The van der Waals surface area contributed by atoms with E-state index in [2.05, 4.69) is 4.98 Å². The number of hydrogen-bond acceptors (Lipinski definition) is 6. The normalized spacial score (nSPS) is 16.6. The van der Waals surface area contributed by atoms with Crippen molar-refractivity contribution in [2.24, 2.45) is 0 Å². The van der Waals surface area contributed by atoms with Crippen LogP contribution in [0.3, 0.4) is 0 Å². The van der Waals surface area contributed by atoms with Gasteiger partial charge in [-0.05, 0) is 61.9 Å².